The van der Waals surface area contributed by atoms with Crippen LogP contribution in [0.25, 0.3) is 0 Å². The van der Waals surface area contributed by atoms with Crippen LogP contribution in [0.1, 0.15) is 18.5 Å². The number of carbonyl (C=O) groups is 1. The third-order valence-electron chi connectivity index (χ3n) is 2.62. The van der Waals surface area contributed by atoms with Crippen molar-refractivity contribution in [1.82, 2.24) is 10.3 Å². The number of nitrogens with one attached hydrogen (secondary N) is 1. The van der Waals surface area contributed by atoms with Crippen LogP contribution in [0.4, 0.5) is 0 Å². The average molecular weight is 283 g/mol. The zero-order valence-electron chi connectivity index (χ0n) is 9.08. The molecule has 3 nitrogen and oxygen atoms in total. The average Bonchev–Trinajstić information content (AvgIpc) is 3.05. The molecule has 86 valence electrons. The van der Waals surface area contributed by atoms with Crippen molar-refractivity contribution in [3.63, 3.8) is 0 Å². The molecule has 0 unspecified atom stereocenters. The van der Waals surface area contributed by atoms with Gasteiger partial charge in [-0.3, -0.25) is 9.78 Å². The van der Waals surface area contributed by atoms with Crippen LogP contribution in [0.3, 0.4) is 0 Å². The summed E-state index contributed by atoms with van der Waals surface area (Å²) in [5, 5.41) is 3.19. The van der Waals surface area contributed by atoms with Crippen LogP contribution in [0, 0.1) is 5.92 Å². The Morgan fingerprint density at radius 2 is 2.31 bits per heavy atom. The third kappa shape index (κ3) is 4.02. The van der Waals surface area contributed by atoms with Crippen molar-refractivity contribution in [2.45, 2.75) is 19.3 Å². The van der Waals surface area contributed by atoms with Gasteiger partial charge in [0.25, 0.3) is 0 Å². The number of Topliss-reactive ketones (excluding diaryl/α,β-unsaturated/α-hetero) is 1. The molecule has 1 aliphatic carbocycles. The molecular weight excluding hydrogens is 268 g/mol. The highest BCUT2D eigenvalue weighted by Gasteiger charge is 2.20. The van der Waals surface area contributed by atoms with Gasteiger partial charge in [-0.05, 0) is 53.4 Å². The first-order valence-electron chi connectivity index (χ1n) is 5.57. The molecule has 1 N–H and O–H groups in total. The maximum atomic E-state index is 11.6. The van der Waals surface area contributed by atoms with Gasteiger partial charge in [-0.25, -0.2) is 0 Å². The maximum absolute atomic E-state index is 11.6. The predicted molar refractivity (Wildman–Crippen MR) is 66.2 cm³/mol. The smallest absolute Gasteiger partial charge is 0.152 e. The van der Waals surface area contributed by atoms with Gasteiger partial charge in [0, 0.05) is 16.4 Å². The van der Waals surface area contributed by atoms with Crippen molar-refractivity contribution in [2.75, 3.05) is 13.1 Å². The van der Waals surface area contributed by atoms with E-state index in [1.165, 1.54) is 12.8 Å². The van der Waals surface area contributed by atoms with Crippen LogP contribution >= 0.6 is 15.9 Å². The first kappa shape index (κ1) is 11.7. The fraction of sp³-hybridized carbons (Fsp3) is 0.500. The summed E-state index contributed by atoms with van der Waals surface area (Å²) < 4.78 is 0.940. The number of nitrogens with zero attached hydrogens (tertiary/aromatic N) is 1. The van der Waals surface area contributed by atoms with Gasteiger partial charge in [0.2, 0.25) is 0 Å². The summed E-state index contributed by atoms with van der Waals surface area (Å²) in [7, 11) is 0. The Kier molecular flexibility index (Phi) is 4.07. The standard InChI is InChI=1S/C12H15BrN2O/c13-10-3-4-11(15-7-10)5-12(16)8-14-6-9-1-2-9/h3-4,7,9,14H,1-2,5-6,8H2. The van der Waals surface area contributed by atoms with Crippen LogP contribution in [0.15, 0.2) is 22.8 Å². The molecule has 0 radical (unpaired) electrons. The van der Waals surface area contributed by atoms with E-state index in [0.29, 0.717) is 13.0 Å². The van der Waals surface area contributed by atoms with Crippen molar-refractivity contribution in [3.8, 4) is 0 Å². The molecular formula is C12H15BrN2O. The molecule has 0 aliphatic heterocycles. The van der Waals surface area contributed by atoms with E-state index in [-0.39, 0.29) is 5.78 Å². The number of pyridine rings is 1. The highest BCUT2D eigenvalue weighted by Crippen LogP contribution is 2.27. The van der Waals surface area contributed by atoms with Gasteiger partial charge in [0.15, 0.2) is 5.78 Å². The summed E-state index contributed by atoms with van der Waals surface area (Å²) in [4.78, 5) is 15.8. The lowest BCUT2D eigenvalue weighted by Gasteiger charge is -2.02. The summed E-state index contributed by atoms with van der Waals surface area (Å²) in [6, 6.07) is 3.79. The van der Waals surface area contributed by atoms with Crippen LogP contribution in [0.5, 0.6) is 0 Å². The lowest BCUT2D eigenvalue weighted by atomic mass is 10.2. The largest absolute Gasteiger partial charge is 0.310 e. The van der Waals surface area contributed by atoms with E-state index < -0.39 is 0 Å². The van der Waals surface area contributed by atoms with E-state index in [2.05, 4.69) is 26.2 Å². The van der Waals surface area contributed by atoms with Gasteiger partial charge in [-0.15, -0.1) is 0 Å². The number of carbonyl (C=O) groups excluding carboxylic acids is 1. The van der Waals surface area contributed by atoms with Gasteiger partial charge >= 0.3 is 0 Å². The van der Waals surface area contributed by atoms with Crippen LogP contribution in [0.2, 0.25) is 0 Å². The third-order valence-corrected chi connectivity index (χ3v) is 3.09. The molecule has 16 heavy (non-hydrogen) atoms. The summed E-state index contributed by atoms with van der Waals surface area (Å²) >= 11 is 3.32. The molecule has 1 saturated carbocycles. The maximum Gasteiger partial charge on any atom is 0.152 e. The van der Waals surface area contributed by atoms with E-state index in [0.717, 1.165) is 22.6 Å². The molecule has 0 saturated heterocycles. The first-order valence-corrected chi connectivity index (χ1v) is 6.36. The minimum atomic E-state index is 0.204. The van der Waals surface area contributed by atoms with Gasteiger partial charge in [-0.1, -0.05) is 0 Å². The molecule has 1 aromatic heterocycles. The van der Waals surface area contributed by atoms with Crippen LogP contribution in [-0.4, -0.2) is 23.9 Å². The van der Waals surface area contributed by atoms with Crippen molar-refractivity contribution in [3.05, 3.63) is 28.5 Å². The Morgan fingerprint density at radius 1 is 1.50 bits per heavy atom. The molecule has 0 spiro atoms. The van der Waals surface area contributed by atoms with Crippen molar-refractivity contribution < 1.29 is 4.79 Å². The van der Waals surface area contributed by atoms with Gasteiger partial charge in [0.1, 0.15) is 0 Å². The molecule has 0 bridgehead atoms. The minimum absolute atomic E-state index is 0.204. The highest BCUT2D eigenvalue weighted by molar-refractivity contribution is 9.10. The molecule has 0 atom stereocenters. The van der Waals surface area contributed by atoms with Crippen LogP contribution < -0.4 is 5.32 Å². The van der Waals surface area contributed by atoms with E-state index in [1.54, 1.807) is 6.20 Å². The van der Waals surface area contributed by atoms with Crippen molar-refractivity contribution >= 4 is 21.7 Å². The second-order valence-corrected chi connectivity index (χ2v) is 5.17. The second-order valence-electron chi connectivity index (χ2n) is 4.26. The fourth-order valence-electron chi connectivity index (χ4n) is 1.51. The number of ketones is 1. The minimum Gasteiger partial charge on any atom is -0.310 e. The Morgan fingerprint density at radius 3 is 2.94 bits per heavy atom. The first-order chi connectivity index (χ1) is 7.74. The molecule has 1 fully saturated rings. The van der Waals surface area contributed by atoms with E-state index in [1.807, 2.05) is 12.1 Å². The fourth-order valence-corrected chi connectivity index (χ4v) is 1.75. The Balaban J connectivity index is 1.70. The number of hydrogen-bond acceptors (Lipinski definition) is 3. The second kappa shape index (κ2) is 5.55. The molecule has 1 aliphatic rings. The lowest BCUT2D eigenvalue weighted by molar-refractivity contribution is -0.117. The topological polar surface area (TPSA) is 42.0 Å². The highest BCUT2D eigenvalue weighted by atomic mass is 79.9. The summed E-state index contributed by atoms with van der Waals surface area (Å²) in [5.41, 5.74) is 0.835. The zero-order valence-corrected chi connectivity index (χ0v) is 10.7. The summed E-state index contributed by atoms with van der Waals surface area (Å²) in [6.07, 6.45) is 4.77. The number of halogens is 1. The van der Waals surface area contributed by atoms with Gasteiger partial charge in [-0.2, -0.15) is 0 Å². The molecule has 4 heteroatoms. The molecule has 0 amide bonds. The summed E-state index contributed by atoms with van der Waals surface area (Å²) in [6.45, 7) is 1.45. The van der Waals surface area contributed by atoms with E-state index in [9.17, 15) is 4.79 Å². The Labute approximate surface area is 104 Å². The Bertz CT molecular complexity index is 360. The predicted octanol–water partition coefficient (Wildman–Crippen LogP) is 1.96. The number of aromatic nitrogens is 1. The van der Waals surface area contributed by atoms with E-state index >= 15 is 0 Å². The SMILES string of the molecule is O=C(CNCC1CC1)Cc1ccc(Br)cn1. The zero-order chi connectivity index (χ0) is 11.4. The molecule has 2 rings (SSSR count). The molecule has 0 aromatic carbocycles. The number of rotatable bonds is 6. The lowest BCUT2D eigenvalue weighted by Crippen LogP contribution is -2.26. The normalized spacial score (nSPS) is 15.1. The Hall–Kier alpha value is -0.740. The molecule has 1 heterocycles. The van der Waals surface area contributed by atoms with Crippen LogP contribution in [-0.2, 0) is 11.2 Å². The number of hydrogen-bond donors (Lipinski definition) is 1. The molecule has 1 aromatic rings. The van der Waals surface area contributed by atoms with Crippen molar-refractivity contribution in [1.29, 1.82) is 0 Å². The van der Waals surface area contributed by atoms with E-state index in [4.69, 9.17) is 0 Å². The van der Waals surface area contributed by atoms with Crippen molar-refractivity contribution in [2.24, 2.45) is 5.92 Å². The van der Waals surface area contributed by atoms with Gasteiger partial charge < -0.3 is 5.32 Å². The quantitative estimate of drug-likeness (QED) is 0.867. The van der Waals surface area contributed by atoms with Gasteiger partial charge in [0.05, 0.1) is 13.0 Å². The monoisotopic (exact) mass is 282 g/mol. The summed E-state index contributed by atoms with van der Waals surface area (Å²) in [5.74, 6) is 1.02.